The zero-order chi connectivity index (χ0) is 22.8. The first-order valence-corrected chi connectivity index (χ1v) is 10.0. The average Bonchev–Trinajstić information content (AvgIpc) is 3.12. The Hall–Kier alpha value is -3.98. The van der Waals surface area contributed by atoms with Gasteiger partial charge in [-0.2, -0.15) is 0 Å². The molecule has 0 fully saturated rings. The molecule has 1 atom stereocenters. The van der Waals surface area contributed by atoms with E-state index in [9.17, 15) is 24.6 Å². The topological polar surface area (TPSA) is 145 Å². The Labute approximate surface area is 181 Å². The summed E-state index contributed by atoms with van der Waals surface area (Å²) in [5.41, 5.74) is 6.13. The maximum Gasteiger partial charge on any atom is 0.343 e. The summed E-state index contributed by atoms with van der Waals surface area (Å²) in [6, 6.07) is 6.53. The molecule has 0 saturated carbocycles. The highest BCUT2D eigenvalue weighted by atomic mass is 16.6. The van der Waals surface area contributed by atoms with E-state index in [-0.39, 0.29) is 42.0 Å². The van der Waals surface area contributed by atoms with Crippen LogP contribution in [0.3, 0.4) is 0 Å². The van der Waals surface area contributed by atoms with E-state index in [1.807, 2.05) is 0 Å². The Morgan fingerprint density at radius 3 is 2.84 bits per heavy atom. The lowest BCUT2D eigenvalue weighted by Crippen LogP contribution is -2.44. The van der Waals surface area contributed by atoms with Crippen molar-refractivity contribution in [3.05, 3.63) is 62.9 Å². The summed E-state index contributed by atoms with van der Waals surface area (Å²) in [5.74, 6) is -1.47. The van der Waals surface area contributed by atoms with E-state index in [1.165, 1.54) is 16.7 Å². The van der Waals surface area contributed by atoms with Crippen molar-refractivity contribution in [2.45, 2.75) is 32.1 Å². The molecule has 162 valence electrons. The first-order chi connectivity index (χ1) is 15.2. The third kappa shape index (κ3) is 2.68. The van der Waals surface area contributed by atoms with Crippen LogP contribution in [-0.2, 0) is 33.1 Å². The molecule has 2 aliphatic heterocycles. The Morgan fingerprint density at radius 2 is 2.12 bits per heavy atom. The number of pyridine rings is 2. The van der Waals surface area contributed by atoms with Crippen LogP contribution in [0.1, 0.15) is 35.6 Å². The normalized spacial score (nSPS) is 19.0. The molecule has 1 unspecified atom stereocenters. The molecule has 9 nitrogen and oxygen atoms in total. The van der Waals surface area contributed by atoms with Gasteiger partial charge in [0.1, 0.15) is 12.4 Å². The van der Waals surface area contributed by atoms with Crippen LogP contribution < -0.4 is 11.3 Å². The number of rotatable bonds is 3. The van der Waals surface area contributed by atoms with Crippen LogP contribution in [0.25, 0.3) is 28.4 Å². The van der Waals surface area contributed by atoms with Crippen LogP contribution >= 0.6 is 0 Å². The number of aromatic hydroxyl groups is 1. The summed E-state index contributed by atoms with van der Waals surface area (Å²) in [6.45, 7) is 1.68. The number of ether oxygens (including phenoxy) is 1. The number of nitrogens with zero attached hydrogens (tertiary/aromatic N) is 2. The van der Waals surface area contributed by atoms with Crippen molar-refractivity contribution in [1.82, 2.24) is 9.55 Å². The van der Waals surface area contributed by atoms with Crippen LogP contribution in [0, 0.1) is 0 Å². The van der Waals surface area contributed by atoms with Gasteiger partial charge < -0.3 is 25.3 Å². The predicted octanol–water partition coefficient (Wildman–Crippen LogP) is 1.28. The van der Waals surface area contributed by atoms with E-state index < -0.39 is 17.5 Å². The molecule has 3 aromatic rings. The Kier molecular flexibility index (Phi) is 4.22. The summed E-state index contributed by atoms with van der Waals surface area (Å²) in [6.07, 6.45) is 2.64. The van der Waals surface area contributed by atoms with Crippen molar-refractivity contribution in [3.8, 4) is 17.1 Å². The molecule has 0 aliphatic carbocycles. The van der Waals surface area contributed by atoms with Gasteiger partial charge in [-0.25, -0.2) is 9.78 Å². The second-order valence-electron chi connectivity index (χ2n) is 7.90. The molecular weight excluding hydrogens is 414 g/mol. The lowest BCUT2D eigenvalue weighted by molar-refractivity contribution is -0.172. The largest absolute Gasteiger partial charge is 0.507 e. The molecule has 2 aliphatic rings. The molecule has 0 radical (unpaired) electrons. The number of hydrogen-bond acceptors (Lipinski definition) is 7. The van der Waals surface area contributed by atoms with Crippen molar-refractivity contribution < 1.29 is 24.5 Å². The number of carbonyl (C=O) groups is 2. The molecule has 9 heteroatoms. The van der Waals surface area contributed by atoms with Gasteiger partial charge in [0.25, 0.3) is 5.56 Å². The van der Waals surface area contributed by atoms with Crippen LogP contribution in [0.4, 0.5) is 0 Å². The van der Waals surface area contributed by atoms with E-state index in [0.717, 1.165) is 11.6 Å². The van der Waals surface area contributed by atoms with Gasteiger partial charge in [0, 0.05) is 28.2 Å². The third-order valence-electron chi connectivity index (χ3n) is 6.12. The number of benzene rings is 1. The van der Waals surface area contributed by atoms with Gasteiger partial charge in [-0.15, -0.1) is 0 Å². The summed E-state index contributed by atoms with van der Waals surface area (Å²) in [4.78, 5) is 41.3. The smallest absolute Gasteiger partial charge is 0.343 e. The molecule has 4 heterocycles. The van der Waals surface area contributed by atoms with Crippen LogP contribution in [0.2, 0.25) is 0 Å². The van der Waals surface area contributed by atoms with Gasteiger partial charge in [0.2, 0.25) is 5.91 Å². The van der Waals surface area contributed by atoms with Crippen molar-refractivity contribution in [3.63, 3.8) is 0 Å². The minimum absolute atomic E-state index is 0.0384. The average molecular weight is 433 g/mol. The molecule has 2 aromatic heterocycles. The first kappa shape index (κ1) is 20.0. The number of hydrogen-bond donors (Lipinski definition) is 3. The fraction of sp³-hybridized carbons (Fsp3) is 0.217. The highest BCUT2D eigenvalue weighted by Gasteiger charge is 2.45. The quantitative estimate of drug-likeness (QED) is 0.326. The van der Waals surface area contributed by atoms with Gasteiger partial charge >= 0.3 is 5.97 Å². The number of phenols is 1. The minimum atomic E-state index is -1.89. The summed E-state index contributed by atoms with van der Waals surface area (Å²) in [5, 5.41) is 21.8. The maximum absolute atomic E-state index is 13.2. The van der Waals surface area contributed by atoms with Crippen molar-refractivity contribution in [2.75, 3.05) is 0 Å². The van der Waals surface area contributed by atoms with E-state index in [1.54, 1.807) is 25.1 Å². The van der Waals surface area contributed by atoms with Crippen LogP contribution in [0.5, 0.6) is 5.75 Å². The lowest BCUT2D eigenvalue weighted by atomic mass is 9.86. The molecular formula is C23H19N3O6. The number of cyclic esters (lactones) is 1. The zero-order valence-electron chi connectivity index (χ0n) is 17.1. The first-order valence-electron chi connectivity index (χ1n) is 10.0. The number of fused-ring (bicyclic) bond motifs is 5. The minimum Gasteiger partial charge on any atom is -0.507 e. The van der Waals surface area contributed by atoms with Crippen molar-refractivity contribution >= 4 is 28.9 Å². The second kappa shape index (κ2) is 6.76. The van der Waals surface area contributed by atoms with E-state index in [4.69, 9.17) is 10.5 Å². The van der Waals surface area contributed by atoms with Gasteiger partial charge in [-0.05, 0) is 36.8 Å². The SMILES string of the molecule is CCC1(O)C(=O)OCc2c1cc1n(c2=O)Cc2cc3c(C=CC(N)=O)c(O)ccc3nc2-1. The number of nitrogens with two attached hydrogens (primary N) is 1. The van der Waals surface area contributed by atoms with Crippen LogP contribution in [-0.4, -0.2) is 31.6 Å². The van der Waals surface area contributed by atoms with Gasteiger partial charge in [-0.1, -0.05) is 6.92 Å². The number of esters is 1. The number of primary amides is 1. The number of amides is 1. The van der Waals surface area contributed by atoms with Crippen molar-refractivity contribution in [1.29, 1.82) is 0 Å². The van der Waals surface area contributed by atoms with Gasteiger partial charge in [0.15, 0.2) is 5.60 Å². The molecule has 0 saturated heterocycles. The third-order valence-corrected chi connectivity index (χ3v) is 6.12. The number of phenolic OH excluding ortho intramolecular Hbond substituents is 1. The highest BCUT2D eigenvalue weighted by Crippen LogP contribution is 2.39. The Morgan fingerprint density at radius 1 is 1.34 bits per heavy atom. The molecule has 0 spiro atoms. The predicted molar refractivity (Wildman–Crippen MR) is 114 cm³/mol. The molecule has 1 aromatic carbocycles. The van der Waals surface area contributed by atoms with Crippen LogP contribution in [0.15, 0.2) is 35.1 Å². The van der Waals surface area contributed by atoms with E-state index in [0.29, 0.717) is 27.9 Å². The summed E-state index contributed by atoms with van der Waals surface area (Å²) in [7, 11) is 0. The Bertz CT molecular complexity index is 1440. The van der Waals surface area contributed by atoms with Gasteiger partial charge in [-0.3, -0.25) is 9.59 Å². The zero-order valence-corrected chi connectivity index (χ0v) is 17.1. The molecule has 0 bridgehead atoms. The lowest BCUT2D eigenvalue weighted by Gasteiger charge is -2.31. The second-order valence-corrected chi connectivity index (χ2v) is 7.90. The monoisotopic (exact) mass is 433 g/mol. The maximum atomic E-state index is 13.2. The standard InChI is InChI=1S/C23H19N3O6/c1-2-23(31)15-8-17-20-11(9-26(17)21(29)14(15)10-32-22(23)30)7-13-12(3-6-19(24)28)18(27)5-4-16(13)25-20/h3-8,27,31H,2,9-10H2,1H3,(H2,24,28). The molecule has 5 rings (SSSR count). The van der Waals surface area contributed by atoms with E-state index in [2.05, 4.69) is 4.98 Å². The fourth-order valence-corrected chi connectivity index (χ4v) is 4.40. The van der Waals surface area contributed by atoms with Gasteiger partial charge in [0.05, 0.1) is 29.0 Å². The van der Waals surface area contributed by atoms with Crippen molar-refractivity contribution in [2.24, 2.45) is 5.73 Å². The van der Waals surface area contributed by atoms with E-state index >= 15 is 0 Å². The highest BCUT2D eigenvalue weighted by molar-refractivity contribution is 5.97. The summed E-state index contributed by atoms with van der Waals surface area (Å²) >= 11 is 0. The summed E-state index contributed by atoms with van der Waals surface area (Å²) < 4.78 is 6.61. The fourth-order valence-electron chi connectivity index (χ4n) is 4.40. The molecule has 4 N–H and O–H groups in total. The molecule has 1 amide bonds. The Balaban J connectivity index is 1.75. The molecule has 32 heavy (non-hydrogen) atoms. The number of aliphatic hydroxyl groups is 1. The number of carbonyl (C=O) groups excluding carboxylic acids is 2. The number of aromatic nitrogens is 2.